The molecule has 1 N–H and O–H groups in total. The van der Waals surface area contributed by atoms with Gasteiger partial charge >= 0.3 is 0 Å². The first kappa shape index (κ1) is 12.9. The molecule has 106 valence electrons. The molecule has 1 spiro atoms. The van der Waals surface area contributed by atoms with E-state index < -0.39 is 11.1 Å². The van der Waals surface area contributed by atoms with Gasteiger partial charge in [-0.3, -0.25) is 9.59 Å². The quantitative estimate of drug-likeness (QED) is 0.827. The van der Waals surface area contributed by atoms with Crippen molar-refractivity contribution in [2.45, 2.75) is 69.9 Å². The van der Waals surface area contributed by atoms with E-state index in [0.29, 0.717) is 5.92 Å². The highest BCUT2D eigenvalue weighted by Crippen LogP contribution is 2.39. The molecule has 19 heavy (non-hydrogen) atoms. The number of hydrogen-bond acceptors (Lipinski definition) is 2. The molecule has 1 saturated heterocycles. The van der Waals surface area contributed by atoms with Crippen molar-refractivity contribution in [1.29, 1.82) is 0 Å². The summed E-state index contributed by atoms with van der Waals surface area (Å²) in [6, 6.07) is 0. The van der Waals surface area contributed by atoms with Crippen molar-refractivity contribution < 1.29 is 9.59 Å². The molecule has 3 aliphatic rings. The molecule has 2 saturated carbocycles. The first-order valence-electron chi connectivity index (χ1n) is 7.60. The number of nitrogens with zero attached hydrogens (tertiary/aromatic N) is 1. The van der Waals surface area contributed by atoms with Crippen molar-refractivity contribution in [2.24, 2.45) is 5.92 Å². The van der Waals surface area contributed by atoms with Gasteiger partial charge in [0, 0.05) is 6.54 Å². The van der Waals surface area contributed by atoms with Crippen LogP contribution in [-0.4, -0.2) is 34.3 Å². The Morgan fingerprint density at radius 2 is 1.79 bits per heavy atom. The lowest BCUT2D eigenvalue weighted by molar-refractivity contribution is -0.162. The van der Waals surface area contributed by atoms with Gasteiger partial charge in [0.2, 0.25) is 11.8 Å². The fourth-order valence-electron chi connectivity index (χ4n) is 3.62. The molecule has 1 heterocycles. The minimum absolute atomic E-state index is 0.0216. The molecule has 4 nitrogen and oxygen atoms in total. The van der Waals surface area contributed by atoms with Crippen molar-refractivity contribution in [2.75, 3.05) is 6.54 Å². The molecule has 0 aromatic carbocycles. The molecule has 3 rings (SSSR count). The molecule has 4 heteroatoms. The number of hydrogen-bond donors (Lipinski definition) is 1. The van der Waals surface area contributed by atoms with Crippen LogP contribution in [0.2, 0.25) is 0 Å². The fraction of sp³-hybridized carbons (Fsp3) is 0.867. The number of carbonyl (C=O) groups excluding carboxylic acids is 2. The second-order valence-electron chi connectivity index (χ2n) is 7.02. The summed E-state index contributed by atoms with van der Waals surface area (Å²) in [5.74, 6) is 0.794. The van der Waals surface area contributed by atoms with E-state index in [0.717, 1.165) is 32.2 Å². The van der Waals surface area contributed by atoms with Crippen molar-refractivity contribution >= 4 is 11.8 Å². The highest BCUT2D eigenvalue weighted by Gasteiger charge is 2.55. The summed E-state index contributed by atoms with van der Waals surface area (Å²) in [5, 5.41) is 3.04. The van der Waals surface area contributed by atoms with Crippen molar-refractivity contribution in [3.63, 3.8) is 0 Å². The average molecular weight is 264 g/mol. The highest BCUT2D eigenvalue weighted by atomic mass is 16.2. The number of amides is 2. The van der Waals surface area contributed by atoms with E-state index in [-0.39, 0.29) is 11.8 Å². The number of piperazine rings is 1. The first-order valence-corrected chi connectivity index (χ1v) is 7.60. The van der Waals surface area contributed by atoms with Crippen LogP contribution < -0.4 is 5.32 Å². The maximum atomic E-state index is 12.9. The summed E-state index contributed by atoms with van der Waals surface area (Å²) in [7, 11) is 0. The lowest BCUT2D eigenvalue weighted by Crippen LogP contribution is -2.73. The summed E-state index contributed by atoms with van der Waals surface area (Å²) in [6.45, 7) is 4.52. The molecule has 3 fully saturated rings. The smallest absolute Gasteiger partial charge is 0.249 e. The summed E-state index contributed by atoms with van der Waals surface area (Å²) >= 11 is 0. The Balaban J connectivity index is 1.87. The molecule has 0 unspecified atom stereocenters. The van der Waals surface area contributed by atoms with Crippen LogP contribution in [0.5, 0.6) is 0 Å². The summed E-state index contributed by atoms with van der Waals surface area (Å²) in [5.41, 5.74) is -1.27. The zero-order chi connectivity index (χ0) is 13.7. The van der Waals surface area contributed by atoms with Gasteiger partial charge in [-0.05, 0) is 45.4 Å². The third kappa shape index (κ3) is 1.87. The van der Waals surface area contributed by atoms with Crippen molar-refractivity contribution in [3.8, 4) is 0 Å². The fourth-order valence-corrected chi connectivity index (χ4v) is 3.62. The van der Waals surface area contributed by atoms with E-state index in [9.17, 15) is 9.59 Å². The van der Waals surface area contributed by atoms with Gasteiger partial charge in [-0.15, -0.1) is 0 Å². The van der Waals surface area contributed by atoms with Crippen molar-refractivity contribution in [3.05, 3.63) is 0 Å². The zero-order valence-electron chi connectivity index (χ0n) is 12.0. The molecule has 0 bridgehead atoms. The molecule has 0 aromatic heterocycles. The van der Waals surface area contributed by atoms with Gasteiger partial charge < -0.3 is 10.2 Å². The second kappa shape index (κ2) is 4.22. The zero-order valence-corrected chi connectivity index (χ0v) is 12.0. The first-order chi connectivity index (χ1) is 8.96. The average Bonchev–Trinajstić information content (AvgIpc) is 2.74. The Morgan fingerprint density at radius 3 is 2.32 bits per heavy atom. The summed E-state index contributed by atoms with van der Waals surface area (Å²) < 4.78 is 0. The lowest BCUT2D eigenvalue weighted by Gasteiger charge is -2.50. The third-order valence-electron chi connectivity index (χ3n) is 5.36. The van der Waals surface area contributed by atoms with Gasteiger partial charge in [0.25, 0.3) is 0 Å². The molecule has 0 atom stereocenters. The molecule has 0 radical (unpaired) electrons. The van der Waals surface area contributed by atoms with E-state index >= 15 is 0 Å². The molecule has 2 aliphatic carbocycles. The van der Waals surface area contributed by atoms with Gasteiger partial charge in [-0.2, -0.15) is 0 Å². The Morgan fingerprint density at radius 1 is 1.16 bits per heavy atom. The van der Waals surface area contributed by atoms with Crippen LogP contribution in [0.25, 0.3) is 0 Å². The van der Waals surface area contributed by atoms with Crippen LogP contribution in [-0.2, 0) is 9.59 Å². The van der Waals surface area contributed by atoms with Crippen LogP contribution >= 0.6 is 0 Å². The predicted octanol–water partition coefficient (Wildman–Crippen LogP) is 1.84. The number of rotatable bonds is 2. The number of carbonyl (C=O) groups is 2. The number of nitrogens with one attached hydrogen (secondary N) is 1. The highest BCUT2D eigenvalue weighted by molar-refractivity contribution is 6.02. The van der Waals surface area contributed by atoms with Gasteiger partial charge in [0.05, 0.1) is 0 Å². The molecular formula is C15H24N2O2. The van der Waals surface area contributed by atoms with Crippen LogP contribution in [0.4, 0.5) is 0 Å². The summed E-state index contributed by atoms with van der Waals surface area (Å²) in [6.07, 6.45) is 7.39. The van der Waals surface area contributed by atoms with E-state index in [2.05, 4.69) is 5.32 Å². The molecule has 1 aliphatic heterocycles. The predicted molar refractivity (Wildman–Crippen MR) is 72.5 cm³/mol. The second-order valence-corrected chi connectivity index (χ2v) is 7.02. The summed E-state index contributed by atoms with van der Waals surface area (Å²) in [4.78, 5) is 27.2. The lowest BCUT2D eigenvalue weighted by atomic mass is 9.81. The Bertz CT molecular complexity index is 406. The normalized spacial score (nSPS) is 29.5. The van der Waals surface area contributed by atoms with Crippen LogP contribution in [0.1, 0.15) is 58.8 Å². The molecular weight excluding hydrogens is 240 g/mol. The Labute approximate surface area is 114 Å². The van der Waals surface area contributed by atoms with Gasteiger partial charge in [-0.25, -0.2) is 0 Å². The maximum Gasteiger partial charge on any atom is 0.249 e. The van der Waals surface area contributed by atoms with Gasteiger partial charge in [0.1, 0.15) is 11.1 Å². The van der Waals surface area contributed by atoms with E-state index in [4.69, 9.17) is 0 Å². The van der Waals surface area contributed by atoms with Gasteiger partial charge in [-0.1, -0.05) is 19.3 Å². The third-order valence-corrected chi connectivity index (χ3v) is 5.36. The van der Waals surface area contributed by atoms with Crippen molar-refractivity contribution in [1.82, 2.24) is 10.2 Å². The molecule has 0 aromatic rings. The standard InChI is InChI=1S/C15H24N2O2/c1-14(2)12(18)16-15(8-3-4-9-15)13(19)17(14)10-11-6-5-7-11/h11H,3-10H2,1-2H3,(H,16,18). The molecule has 2 amide bonds. The van der Waals surface area contributed by atoms with E-state index in [1.165, 1.54) is 19.3 Å². The monoisotopic (exact) mass is 264 g/mol. The van der Waals surface area contributed by atoms with E-state index in [1.807, 2.05) is 18.7 Å². The maximum absolute atomic E-state index is 12.9. The van der Waals surface area contributed by atoms with Crippen LogP contribution in [0.3, 0.4) is 0 Å². The SMILES string of the molecule is CC1(C)C(=O)NC2(CCCC2)C(=O)N1CC1CCC1. The van der Waals surface area contributed by atoms with Crippen LogP contribution in [0, 0.1) is 5.92 Å². The van der Waals surface area contributed by atoms with Gasteiger partial charge in [0.15, 0.2) is 0 Å². The minimum Gasteiger partial charge on any atom is -0.340 e. The topological polar surface area (TPSA) is 49.4 Å². The Hall–Kier alpha value is -1.06. The minimum atomic E-state index is -0.694. The van der Waals surface area contributed by atoms with Crippen LogP contribution in [0.15, 0.2) is 0 Å². The Kier molecular flexibility index (Phi) is 2.88. The van der Waals surface area contributed by atoms with E-state index in [1.54, 1.807) is 0 Å². The largest absolute Gasteiger partial charge is 0.340 e.